The number of aldehydes is 1. The highest BCUT2D eigenvalue weighted by Gasteiger charge is 2.28. The van der Waals surface area contributed by atoms with E-state index in [1.165, 1.54) is 23.1 Å². The smallest absolute Gasteiger partial charge is 0.257 e. The molecule has 10 heteroatoms. The Bertz CT molecular complexity index is 1490. The number of fused-ring (bicyclic) bond motifs is 1. The molecule has 2 amide bonds. The van der Waals surface area contributed by atoms with Gasteiger partial charge in [-0.1, -0.05) is 24.3 Å². The Balaban J connectivity index is 1.28. The van der Waals surface area contributed by atoms with Gasteiger partial charge in [0, 0.05) is 37.3 Å². The molecule has 0 bridgehead atoms. The van der Waals surface area contributed by atoms with Gasteiger partial charge in [-0.25, -0.2) is 4.39 Å². The lowest BCUT2D eigenvalue weighted by Crippen LogP contribution is -2.50. The second-order valence-electron chi connectivity index (χ2n) is 8.77. The number of nitrogens with zero attached hydrogens (tertiary/aromatic N) is 4. The molecule has 1 saturated heterocycles. The molecule has 1 fully saturated rings. The molecule has 0 radical (unpaired) electrons. The summed E-state index contributed by atoms with van der Waals surface area (Å²) in [5.41, 5.74) is 4.67. The summed E-state index contributed by atoms with van der Waals surface area (Å²) in [7, 11) is 0. The summed E-state index contributed by atoms with van der Waals surface area (Å²) >= 11 is 0. The van der Waals surface area contributed by atoms with Crippen LogP contribution in [-0.4, -0.2) is 60.0 Å². The zero-order chi connectivity index (χ0) is 26.6. The first-order valence-corrected chi connectivity index (χ1v) is 11.9. The number of hydrogen-bond acceptors (Lipinski definition) is 7. The fourth-order valence-electron chi connectivity index (χ4n) is 4.43. The van der Waals surface area contributed by atoms with E-state index in [9.17, 15) is 18.8 Å². The van der Waals surface area contributed by atoms with Gasteiger partial charge in [-0.05, 0) is 48.0 Å². The number of hydrazone groups is 1. The third-order valence-electron chi connectivity index (χ3n) is 6.44. The van der Waals surface area contributed by atoms with Crippen LogP contribution in [0.1, 0.15) is 43.4 Å². The summed E-state index contributed by atoms with van der Waals surface area (Å²) in [6, 6.07) is 18.9. The molecule has 1 N–H and O–H groups in total. The molecule has 2 aliphatic heterocycles. The molecule has 38 heavy (non-hydrogen) atoms. The summed E-state index contributed by atoms with van der Waals surface area (Å²) in [5, 5.41) is 13.2. The first-order chi connectivity index (χ1) is 18.5. The third kappa shape index (κ3) is 4.82. The summed E-state index contributed by atoms with van der Waals surface area (Å²) in [5.74, 6) is -1.04. The number of amides is 2. The number of piperazine rings is 1. The Hall–Kier alpha value is -5.04. The maximum absolute atomic E-state index is 14.7. The van der Waals surface area contributed by atoms with Crippen LogP contribution in [0.25, 0.3) is 0 Å². The van der Waals surface area contributed by atoms with Crippen molar-refractivity contribution >= 4 is 24.0 Å². The highest BCUT2D eigenvalue weighted by Crippen LogP contribution is 2.25. The second-order valence-corrected chi connectivity index (χ2v) is 8.77. The van der Waals surface area contributed by atoms with E-state index in [0.717, 1.165) is 12.4 Å². The van der Waals surface area contributed by atoms with Crippen molar-refractivity contribution in [2.75, 3.05) is 26.2 Å². The van der Waals surface area contributed by atoms with Crippen molar-refractivity contribution in [3.8, 4) is 11.8 Å². The summed E-state index contributed by atoms with van der Waals surface area (Å²) in [6.07, 6.45) is 0.741. The van der Waals surface area contributed by atoms with Gasteiger partial charge < -0.3 is 19.3 Å². The number of nitrogens with one attached hydrogen (secondary N) is 1. The predicted octanol–water partition coefficient (Wildman–Crippen LogP) is 2.88. The molecule has 5 rings (SSSR count). The molecule has 0 saturated carbocycles. The Labute approximate surface area is 217 Å². The van der Waals surface area contributed by atoms with E-state index in [2.05, 4.69) is 10.5 Å². The average molecular weight is 512 g/mol. The summed E-state index contributed by atoms with van der Waals surface area (Å²) in [6.45, 7) is 1.00. The lowest BCUT2D eigenvalue weighted by molar-refractivity contribution is -0.109. The number of carbonyl (C=O) groups is 3. The van der Waals surface area contributed by atoms with Crippen LogP contribution in [0.5, 0.6) is 5.75 Å². The minimum absolute atomic E-state index is 0.160. The number of carbonyl (C=O) groups excluding carboxylic acids is 3. The van der Waals surface area contributed by atoms with Gasteiger partial charge in [-0.2, -0.15) is 5.26 Å². The predicted molar refractivity (Wildman–Crippen MR) is 135 cm³/mol. The van der Waals surface area contributed by atoms with Crippen LogP contribution < -0.4 is 10.2 Å². The van der Waals surface area contributed by atoms with Crippen molar-refractivity contribution in [3.63, 3.8) is 0 Å². The molecule has 2 heterocycles. The minimum atomic E-state index is -0.695. The number of benzene rings is 3. The quantitative estimate of drug-likeness (QED) is 0.539. The molecule has 0 aromatic heterocycles. The van der Waals surface area contributed by atoms with Crippen molar-refractivity contribution < 1.29 is 23.5 Å². The van der Waals surface area contributed by atoms with E-state index in [0.29, 0.717) is 22.3 Å². The zero-order valence-corrected chi connectivity index (χ0v) is 20.1. The molecule has 0 aliphatic carbocycles. The van der Waals surface area contributed by atoms with Gasteiger partial charge >= 0.3 is 0 Å². The first-order valence-electron chi connectivity index (χ1n) is 11.9. The van der Waals surface area contributed by atoms with Crippen LogP contribution >= 0.6 is 0 Å². The zero-order valence-electron chi connectivity index (χ0n) is 20.1. The molecular formula is C28H22FN5O4. The Morgan fingerprint density at radius 1 is 1.00 bits per heavy atom. The molecule has 1 unspecified atom stereocenters. The van der Waals surface area contributed by atoms with Gasteiger partial charge in [0.05, 0.1) is 17.2 Å². The molecular weight excluding hydrogens is 489 g/mol. The van der Waals surface area contributed by atoms with Crippen LogP contribution in [0.3, 0.4) is 0 Å². The van der Waals surface area contributed by atoms with Crippen LogP contribution in [-0.2, 0) is 4.79 Å². The molecule has 2 aliphatic rings. The first kappa shape index (κ1) is 24.6. The number of hydrogen-bond donors (Lipinski definition) is 1. The van der Waals surface area contributed by atoms with Gasteiger partial charge in [0.2, 0.25) is 5.90 Å². The average Bonchev–Trinajstić information content (AvgIpc) is 2.97. The largest absolute Gasteiger partial charge is 0.437 e. The van der Waals surface area contributed by atoms with Crippen molar-refractivity contribution in [1.82, 2.24) is 15.2 Å². The standard InChI is InChI=1S/C28H22FN5O4/c29-24-9-8-20(38-26-22-7-2-1-6-21(22)25(17-35)31-32-26)15-23(24)28(37)34-12-10-33(11-13-34)27(36)19-5-3-4-18(14-19)16-30/h1-9,14-15,17,25,31H,10-13H2. The maximum atomic E-state index is 14.7. The van der Waals surface area contributed by atoms with E-state index >= 15 is 0 Å². The lowest BCUT2D eigenvalue weighted by Gasteiger charge is -2.35. The van der Waals surface area contributed by atoms with Crippen LogP contribution in [0.2, 0.25) is 0 Å². The van der Waals surface area contributed by atoms with E-state index in [4.69, 9.17) is 10.00 Å². The highest BCUT2D eigenvalue weighted by atomic mass is 19.1. The fourth-order valence-corrected chi connectivity index (χ4v) is 4.43. The molecule has 0 spiro atoms. The Morgan fingerprint density at radius 2 is 1.74 bits per heavy atom. The summed E-state index contributed by atoms with van der Waals surface area (Å²) in [4.78, 5) is 40.5. The van der Waals surface area contributed by atoms with Gasteiger partial charge in [0.25, 0.3) is 11.8 Å². The topological polar surface area (TPSA) is 115 Å². The number of rotatable bonds is 4. The third-order valence-corrected chi connectivity index (χ3v) is 6.44. The highest BCUT2D eigenvalue weighted by molar-refractivity contribution is 6.00. The molecule has 190 valence electrons. The van der Waals surface area contributed by atoms with Crippen LogP contribution in [0.4, 0.5) is 4.39 Å². The number of halogens is 1. The fraction of sp³-hybridized carbons (Fsp3) is 0.179. The van der Waals surface area contributed by atoms with Gasteiger partial charge in [0.1, 0.15) is 23.9 Å². The molecule has 1 atom stereocenters. The van der Waals surface area contributed by atoms with E-state index in [1.807, 2.05) is 6.07 Å². The summed E-state index contributed by atoms with van der Waals surface area (Å²) < 4.78 is 20.6. The Morgan fingerprint density at radius 3 is 2.47 bits per heavy atom. The van der Waals surface area contributed by atoms with Crippen LogP contribution in [0.15, 0.2) is 71.8 Å². The SMILES string of the molecule is N#Cc1cccc(C(=O)N2CCN(C(=O)c3cc(OC4=NNC(C=O)c5ccccc54)ccc3F)CC2)c1. The van der Waals surface area contributed by atoms with Crippen molar-refractivity contribution in [2.24, 2.45) is 5.10 Å². The maximum Gasteiger partial charge on any atom is 0.257 e. The normalized spacial score (nSPS) is 16.4. The Kier molecular flexibility index (Phi) is 6.82. The van der Waals surface area contributed by atoms with Gasteiger partial charge in [-0.3, -0.25) is 15.0 Å². The second kappa shape index (κ2) is 10.5. The number of nitriles is 1. The molecule has 3 aromatic carbocycles. The van der Waals surface area contributed by atoms with E-state index in [1.54, 1.807) is 47.4 Å². The molecule has 9 nitrogen and oxygen atoms in total. The van der Waals surface area contributed by atoms with Crippen LogP contribution in [0, 0.1) is 17.1 Å². The van der Waals surface area contributed by atoms with Gasteiger partial charge in [0.15, 0.2) is 0 Å². The van der Waals surface area contributed by atoms with E-state index < -0.39 is 17.8 Å². The van der Waals surface area contributed by atoms with Gasteiger partial charge in [-0.15, -0.1) is 5.10 Å². The van der Waals surface area contributed by atoms with Crippen molar-refractivity contribution in [1.29, 1.82) is 5.26 Å². The van der Waals surface area contributed by atoms with Crippen molar-refractivity contribution in [3.05, 3.63) is 100 Å². The number of ether oxygens (including phenoxy) is 1. The molecule has 3 aromatic rings. The monoisotopic (exact) mass is 511 g/mol. The minimum Gasteiger partial charge on any atom is -0.437 e. The van der Waals surface area contributed by atoms with Crippen molar-refractivity contribution in [2.45, 2.75) is 6.04 Å². The van der Waals surface area contributed by atoms with E-state index in [-0.39, 0.29) is 49.3 Å². The lowest BCUT2D eigenvalue weighted by atomic mass is 10.0.